The summed E-state index contributed by atoms with van der Waals surface area (Å²) in [6.45, 7) is 0. The van der Waals surface area contributed by atoms with Crippen molar-refractivity contribution < 1.29 is 14.3 Å². The summed E-state index contributed by atoms with van der Waals surface area (Å²) in [5.41, 5.74) is -0.212. The predicted octanol–water partition coefficient (Wildman–Crippen LogP) is 4.55. The van der Waals surface area contributed by atoms with Gasteiger partial charge in [0.2, 0.25) is 5.95 Å². The first-order chi connectivity index (χ1) is 8.90. The molecule has 0 aliphatic rings. The van der Waals surface area contributed by atoms with Gasteiger partial charge in [-0.15, -0.1) is 0 Å². The van der Waals surface area contributed by atoms with Gasteiger partial charge in [0.25, 0.3) is 0 Å². The maximum Gasteiger partial charge on any atom is 0.337 e. The maximum absolute atomic E-state index is 13.2. The van der Waals surface area contributed by atoms with Crippen LogP contribution in [0.15, 0.2) is 24.3 Å². The van der Waals surface area contributed by atoms with E-state index in [9.17, 15) is 9.18 Å². The number of hydrogen-bond donors (Lipinski definition) is 1. The quantitative estimate of drug-likeness (QED) is 0.826. The lowest BCUT2D eigenvalue weighted by molar-refractivity contribution is 0.0697. The van der Waals surface area contributed by atoms with Crippen LogP contribution in [0.25, 0.3) is 11.3 Å². The largest absolute Gasteiger partial charge is 0.478 e. The van der Waals surface area contributed by atoms with Crippen LogP contribution in [0.3, 0.4) is 0 Å². The molecule has 0 unspecified atom stereocenters. The molecule has 0 spiro atoms. The van der Waals surface area contributed by atoms with E-state index in [0.29, 0.717) is 0 Å². The summed E-state index contributed by atoms with van der Waals surface area (Å²) in [4.78, 5) is 14.7. The highest BCUT2D eigenvalue weighted by Gasteiger charge is 2.19. The Morgan fingerprint density at radius 1 is 1.16 bits per heavy atom. The molecule has 7 heteroatoms. The van der Waals surface area contributed by atoms with Gasteiger partial charge in [0.15, 0.2) is 0 Å². The Bertz CT molecular complexity index is 653. The number of benzene rings is 1. The zero-order chi connectivity index (χ0) is 14.2. The Kier molecular flexibility index (Phi) is 3.94. The van der Waals surface area contributed by atoms with Gasteiger partial charge in [-0.1, -0.05) is 34.8 Å². The molecule has 0 fully saturated rings. The van der Waals surface area contributed by atoms with Gasteiger partial charge in [-0.05, 0) is 24.3 Å². The Labute approximate surface area is 122 Å². The van der Waals surface area contributed by atoms with E-state index in [2.05, 4.69) is 4.98 Å². The lowest BCUT2D eigenvalue weighted by atomic mass is 10.1. The van der Waals surface area contributed by atoms with Crippen LogP contribution in [0.5, 0.6) is 0 Å². The van der Waals surface area contributed by atoms with E-state index in [1.54, 1.807) is 0 Å². The molecule has 1 N–H and O–H groups in total. The number of carboxylic acids is 1. The molecular weight excluding hydrogens is 315 g/mol. The number of aromatic nitrogens is 1. The van der Waals surface area contributed by atoms with Crippen LogP contribution >= 0.6 is 34.8 Å². The molecule has 0 amide bonds. The van der Waals surface area contributed by atoms with Crippen LogP contribution in [-0.2, 0) is 0 Å². The Balaban J connectivity index is 2.78. The summed E-state index contributed by atoms with van der Waals surface area (Å²) in [5.74, 6) is -2.09. The molecule has 0 aliphatic heterocycles. The molecule has 1 aromatic heterocycles. The molecule has 2 rings (SSSR count). The minimum atomic E-state index is -1.26. The molecule has 0 bridgehead atoms. The van der Waals surface area contributed by atoms with Crippen LogP contribution in [0.2, 0.25) is 15.1 Å². The number of pyridine rings is 1. The van der Waals surface area contributed by atoms with Gasteiger partial charge in [0.05, 0.1) is 21.3 Å². The summed E-state index contributed by atoms with van der Waals surface area (Å²) in [5, 5.41) is 9.55. The van der Waals surface area contributed by atoms with Crippen molar-refractivity contribution in [1.82, 2.24) is 4.98 Å². The smallest absolute Gasteiger partial charge is 0.337 e. The molecule has 19 heavy (non-hydrogen) atoms. The van der Waals surface area contributed by atoms with Gasteiger partial charge >= 0.3 is 5.97 Å². The lowest BCUT2D eigenvalue weighted by Crippen LogP contribution is -2.03. The van der Waals surface area contributed by atoms with Crippen molar-refractivity contribution in [3.8, 4) is 11.3 Å². The van der Waals surface area contributed by atoms with E-state index < -0.39 is 11.9 Å². The molecule has 0 atom stereocenters. The summed E-state index contributed by atoms with van der Waals surface area (Å²) < 4.78 is 13.2. The van der Waals surface area contributed by atoms with Crippen LogP contribution in [0.1, 0.15) is 10.4 Å². The minimum Gasteiger partial charge on any atom is -0.478 e. The third-order valence-electron chi connectivity index (χ3n) is 2.34. The molecule has 1 aromatic carbocycles. The van der Waals surface area contributed by atoms with Crippen molar-refractivity contribution in [3.63, 3.8) is 0 Å². The monoisotopic (exact) mass is 319 g/mol. The molecule has 0 aliphatic carbocycles. The van der Waals surface area contributed by atoms with E-state index in [1.165, 1.54) is 12.1 Å². The number of aromatic carboxylic acids is 1. The summed E-state index contributed by atoms with van der Waals surface area (Å²) in [6.07, 6.45) is 0. The average molecular weight is 321 g/mol. The van der Waals surface area contributed by atoms with E-state index in [-0.39, 0.29) is 31.9 Å². The topological polar surface area (TPSA) is 50.2 Å². The van der Waals surface area contributed by atoms with Gasteiger partial charge in [-0.3, -0.25) is 0 Å². The zero-order valence-electron chi connectivity index (χ0n) is 9.12. The first-order valence-corrected chi connectivity index (χ1v) is 6.08. The van der Waals surface area contributed by atoms with Gasteiger partial charge in [0, 0.05) is 10.6 Å². The number of hydrogen-bond acceptors (Lipinski definition) is 2. The first-order valence-electron chi connectivity index (χ1n) is 4.95. The van der Waals surface area contributed by atoms with Gasteiger partial charge < -0.3 is 5.11 Å². The second-order valence-corrected chi connectivity index (χ2v) is 4.83. The average Bonchev–Trinajstić information content (AvgIpc) is 2.27. The number of carboxylic acid groups (broad SMARTS) is 1. The number of carbonyl (C=O) groups is 1. The second kappa shape index (κ2) is 5.33. The zero-order valence-corrected chi connectivity index (χ0v) is 11.4. The first kappa shape index (κ1) is 14.1. The highest BCUT2D eigenvalue weighted by Crippen LogP contribution is 2.37. The molecular formula is C12H5Cl3FNO2. The normalized spacial score (nSPS) is 10.5. The van der Waals surface area contributed by atoms with Crippen molar-refractivity contribution in [2.24, 2.45) is 0 Å². The summed E-state index contributed by atoms with van der Waals surface area (Å²) in [6, 6.07) is 4.80. The Hall–Kier alpha value is -1.36. The Morgan fingerprint density at radius 2 is 1.74 bits per heavy atom. The van der Waals surface area contributed by atoms with Crippen molar-refractivity contribution in [3.05, 3.63) is 50.8 Å². The fourth-order valence-electron chi connectivity index (χ4n) is 1.57. The minimum absolute atomic E-state index is 0.0955. The molecule has 0 radical (unpaired) electrons. The third-order valence-corrected chi connectivity index (χ3v) is 3.15. The van der Waals surface area contributed by atoms with Gasteiger partial charge in [-0.25, -0.2) is 9.78 Å². The van der Waals surface area contributed by atoms with E-state index in [4.69, 9.17) is 39.9 Å². The fourth-order valence-corrected chi connectivity index (χ4v) is 2.56. The second-order valence-electron chi connectivity index (χ2n) is 3.58. The van der Waals surface area contributed by atoms with Gasteiger partial charge in [0.1, 0.15) is 0 Å². The van der Waals surface area contributed by atoms with Crippen molar-refractivity contribution in [1.29, 1.82) is 0 Å². The van der Waals surface area contributed by atoms with Crippen LogP contribution in [0.4, 0.5) is 4.39 Å². The molecule has 0 saturated heterocycles. The van der Waals surface area contributed by atoms with E-state index in [0.717, 1.165) is 12.1 Å². The molecule has 0 saturated carbocycles. The fraction of sp³-hybridized carbons (Fsp3) is 0. The van der Waals surface area contributed by atoms with E-state index in [1.807, 2.05) is 0 Å². The lowest BCUT2D eigenvalue weighted by Gasteiger charge is -2.10. The molecule has 98 valence electrons. The highest BCUT2D eigenvalue weighted by atomic mass is 35.5. The van der Waals surface area contributed by atoms with E-state index >= 15 is 0 Å². The van der Waals surface area contributed by atoms with Crippen molar-refractivity contribution >= 4 is 40.8 Å². The van der Waals surface area contributed by atoms with Crippen molar-refractivity contribution in [2.45, 2.75) is 0 Å². The Morgan fingerprint density at radius 3 is 2.26 bits per heavy atom. The van der Waals surface area contributed by atoms with Crippen LogP contribution < -0.4 is 0 Å². The number of rotatable bonds is 2. The van der Waals surface area contributed by atoms with Crippen LogP contribution in [0, 0.1) is 5.95 Å². The molecule has 1 heterocycles. The molecule has 3 nitrogen and oxygen atoms in total. The third kappa shape index (κ3) is 2.81. The summed E-state index contributed by atoms with van der Waals surface area (Å²) >= 11 is 17.7. The maximum atomic E-state index is 13.2. The number of halogens is 4. The van der Waals surface area contributed by atoms with Gasteiger partial charge in [-0.2, -0.15) is 4.39 Å². The highest BCUT2D eigenvalue weighted by molar-refractivity contribution is 6.41. The van der Waals surface area contributed by atoms with Crippen molar-refractivity contribution in [2.75, 3.05) is 0 Å². The summed E-state index contributed by atoms with van der Waals surface area (Å²) in [7, 11) is 0. The SMILES string of the molecule is O=C(O)c1ccc(F)nc1-c1c(Cl)cc(Cl)cc1Cl. The predicted molar refractivity (Wildman–Crippen MR) is 71.6 cm³/mol. The number of nitrogens with zero attached hydrogens (tertiary/aromatic N) is 1. The standard InChI is InChI=1S/C12H5Cl3FNO2/c13-5-3-7(14)10(8(15)4-5)11-6(12(18)19)1-2-9(16)17-11/h1-4H,(H,18,19). The molecule has 2 aromatic rings. The van der Waals surface area contributed by atoms with Crippen LogP contribution in [-0.4, -0.2) is 16.1 Å².